The van der Waals surface area contributed by atoms with Gasteiger partial charge >= 0.3 is 11.4 Å². The first-order chi connectivity index (χ1) is 28.8. The molecule has 2 saturated heterocycles. The Morgan fingerprint density at radius 1 is 0.667 bits per heavy atom. The maximum atomic E-state index is 13.9. The van der Waals surface area contributed by atoms with E-state index in [9.17, 15) is 28.8 Å². The Morgan fingerprint density at radius 3 is 1.72 bits per heavy atom. The zero-order valence-electron chi connectivity index (χ0n) is 34.2. The third-order valence-corrected chi connectivity index (χ3v) is 11.5. The van der Waals surface area contributed by atoms with E-state index in [2.05, 4.69) is 49.6 Å². The van der Waals surface area contributed by atoms with Crippen molar-refractivity contribution in [1.29, 1.82) is 0 Å². The molecule has 2 aliphatic heterocycles. The topological polar surface area (TPSA) is 204 Å². The number of fused-ring (bicyclic) bond motifs is 2. The fourth-order valence-electron chi connectivity index (χ4n) is 8.24. The summed E-state index contributed by atoms with van der Waals surface area (Å²) in [5.41, 5.74) is 1.92. The summed E-state index contributed by atoms with van der Waals surface area (Å²) < 4.78 is 7.68. The molecule has 314 valence electrons. The number of nitrogens with zero attached hydrogens (tertiary/aromatic N) is 11. The molecule has 0 saturated carbocycles. The number of aryl methyl sites for hydroxylation is 2. The van der Waals surface area contributed by atoms with Gasteiger partial charge in [-0.25, -0.2) is 24.1 Å². The number of rotatable bonds is 10. The van der Waals surface area contributed by atoms with Gasteiger partial charge in [0, 0.05) is 95.2 Å². The summed E-state index contributed by atoms with van der Waals surface area (Å²) in [7, 11) is 4.47. The van der Waals surface area contributed by atoms with Crippen LogP contribution < -0.4 is 48.2 Å². The van der Waals surface area contributed by atoms with Crippen molar-refractivity contribution in [1.82, 2.24) is 47.6 Å². The molecule has 3 N–H and O–H groups in total. The van der Waals surface area contributed by atoms with E-state index in [-0.39, 0.29) is 59.9 Å². The third kappa shape index (κ3) is 7.50. The standard InChI is InChI=1S/C40H48N14O6/c1-25-18-41-14-15-52(25)29-10-6-27(7-11-29)45-32(56)21-51-23-43-36-34(51)38(58)54(40(60)47(36)4)24-49-16-17-53(26(2)19-49)30-12-8-28(9-13-30)44-31(55)20-50-22-42-35-33(50)37(57)48(5)39(59)46(35)3/h6-13,22-23,25-26,41H,14-21,24H2,1-5H3,(H,44,55)(H,45,56)/t25-,26+/m0/s1. The number of anilines is 4. The highest BCUT2D eigenvalue weighted by molar-refractivity contribution is 5.92. The molecule has 0 spiro atoms. The molecule has 0 unspecified atom stereocenters. The normalized spacial score (nSPS) is 17.4. The fourth-order valence-corrected chi connectivity index (χ4v) is 8.24. The molecule has 2 amide bonds. The molecule has 8 rings (SSSR count). The number of carbonyl (C=O) groups excluding carboxylic acids is 2. The summed E-state index contributed by atoms with van der Waals surface area (Å²) in [6, 6.07) is 15.5. The zero-order valence-corrected chi connectivity index (χ0v) is 34.2. The Morgan fingerprint density at radius 2 is 1.18 bits per heavy atom. The number of imidazole rings is 2. The minimum atomic E-state index is -0.532. The number of amides is 2. The monoisotopic (exact) mass is 820 g/mol. The minimum absolute atomic E-state index is 0.0131. The average molecular weight is 821 g/mol. The molecule has 4 aromatic heterocycles. The second-order valence-corrected chi connectivity index (χ2v) is 15.6. The second-order valence-electron chi connectivity index (χ2n) is 15.6. The van der Waals surface area contributed by atoms with Crippen LogP contribution in [0.5, 0.6) is 0 Å². The number of nitrogens with one attached hydrogen (secondary N) is 3. The Balaban J connectivity index is 0.893. The molecule has 0 aliphatic carbocycles. The van der Waals surface area contributed by atoms with Gasteiger partial charge in [0.2, 0.25) is 11.8 Å². The smallest absolute Gasteiger partial charge is 0.333 e. The lowest BCUT2D eigenvalue weighted by atomic mass is 10.1. The lowest BCUT2D eigenvalue weighted by Crippen LogP contribution is -2.54. The number of aromatic nitrogens is 8. The van der Waals surface area contributed by atoms with Crippen LogP contribution in [0.4, 0.5) is 22.7 Å². The van der Waals surface area contributed by atoms with Gasteiger partial charge in [0.15, 0.2) is 22.3 Å². The van der Waals surface area contributed by atoms with E-state index in [4.69, 9.17) is 0 Å². The molecular formula is C40H48N14O6. The molecule has 0 bridgehead atoms. The van der Waals surface area contributed by atoms with Crippen LogP contribution in [-0.4, -0.2) is 105 Å². The summed E-state index contributed by atoms with van der Waals surface area (Å²) >= 11 is 0. The van der Waals surface area contributed by atoms with E-state index in [1.165, 1.54) is 49.6 Å². The van der Waals surface area contributed by atoms with Crippen molar-refractivity contribution in [3.8, 4) is 0 Å². The van der Waals surface area contributed by atoms with Gasteiger partial charge in [-0.1, -0.05) is 0 Å². The number of hydrogen-bond acceptors (Lipinski definition) is 12. The molecule has 20 nitrogen and oxygen atoms in total. The highest BCUT2D eigenvalue weighted by atomic mass is 16.2. The molecular weight excluding hydrogens is 773 g/mol. The van der Waals surface area contributed by atoms with Crippen LogP contribution in [0, 0.1) is 0 Å². The maximum Gasteiger partial charge on any atom is 0.333 e. The molecule has 2 atom stereocenters. The van der Waals surface area contributed by atoms with Gasteiger partial charge in [0.25, 0.3) is 11.1 Å². The van der Waals surface area contributed by atoms with E-state index >= 15 is 0 Å². The Hall–Kier alpha value is -6.80. The fraction of sp³-hybridized carbons (Fsp3) is 0.400. The lowest BCUT2D eigenvalue weighted by Gasteiger charge is -2.41. The van der Waals surface area contributed by atoms with Gasteiger partial charge in [0.05, 0.1) is 19.3 Å². The molecule has 2 aliphatic rings. The summed E-state index contributed by atoms with van der Waals surface area (Å²) in [6.07, 6.45) is 2.78. The number of carbonyl (C=O) groups is 2. The summed E-state index contributed by atoms with van der Waals surface area (Å²) in [6.45, 7) is 8.44. The van der Waals surface area contributed by atoms with Crippen LogP contribution >= 0.6 is 0 Å². The third-order valence-electron chi connectivity index (χ3n) is 11.5. The average Bonchev–Trinajstić information content (AvgIpc) is 3.85. The second kappa shape index (κ2) is 16.1. The Bertz CT molecular complexity index is 2850. The van der Waals surface area contributed by atoms with Gasteiger partial charge in [-0.2, -0.15) is 0 Å². The van der Waals surface area contributed by atoms with Crippen molar-refractivity contribution in [2.24, 2.45) is 21.1 Å². The molecule has 0 radical (unpaired) electrons. The first-order valence-corrected chi connectivity index (χ1v) is 19.8. The first kappa shape index (κ1) is 40.0. The lowest BCUT2D eigenvalue weighted by molar-refractivity contribution is -0.117. The van der Waals surface area contributed by atoms with Crippen LogP contribution in [0.2, 0.25) is 0 Å². The summed E-state index contributed by atoms with van der Waals surface area (Å²) in [4.78, 5) is 93.7. The molecule has 6 heterocycles. The van der Waals surface area contributed by atoms with Crippen LogP contribution in [0.1, 0.15) is 13.8 Å². The van der Waals surface area contributed by atoms with Gasteiger partial charge in [-0.3, -0.25) is 37.8 Å². The van der Waals surface area contributed by atoms with Gasteiger partial charge in [-0.05, 0) is 62.4 Å². The van der Waals surface area contributed by atoms with Crippen LogP contribution in [0.15, 0.2) is 80.4 Å². The van der Waals surface area contributed by atoms with E-state index in [1.54, 1.807) is 19.2 Å². The highest BCUT2D eigenvalue weighted by Gasteiger charge is 2.27. The number of hydrogen-bond donors (Lipinski definition) is 3. The van der Waals surface area contributed by atoms with Crippen LogP contribution in [0.25, 0.3) is 22.3 Å². The van der Waals surface area contributed by atoms with Gasteiger partial charge in [0.1, 0.15) is 13.1 Å². The molecule has 2 aromatic carbocycles. The van der Waals surface area contributed by atoms with E-state index in [1.807, 2.05) is 41.3 Å². The maximum absolute atomic E-state index is 13.9. The Kier molecular flexibility index (Phi) is 10.7. The number of piperazine rings is 2. The van der Waals surface area contributed by atoms with Crippen molar-refractivity contribution in [2.75, 3.05) is 59.7 Å². The molecule has 6 aromatic rings. The van der Waals surface area contributed by atoms with Crippen molar-refractivity contribution < 1.29 is 9.59 Å². The molecule has 2 fully saturated rings. The van der Waals surface area contributed by atoms with Crippen LogP contribution in [0.3, 0.4) is 0 Å². The zero-order chi connectivity index (χ0) is 42.4. The quantitative estimate of drug-likeness (QED) is 0.166. The van der Waals surface area contributed by atoms with Gasteiger partial charge in [-0.15, -0.1) is 0 Å². The minimum Gasteiger partial charge on any atom is -0.366 e. The molecule has 60 heavy (non-hydrogen) atoms. The van der Waals surface area contributed by atoms with Crippen molar-refractivity contribution >= 4 is 56.9 Å². The largest absolute Gasteiger partial charge is 0.366 e. The summed E-state index contributed by atoms with van der Waals surface area (Å²) in [5.74, 6) is -0.697. The van der Waals surface area contributed by atoms with E-state index in [0.717, 1.165) is 35.6 Å². The van der Waals surface area contributed by atoms with Crippen molar-refractivity contribution in [2.45, 2.75) is 45.7 Å². The number of benzene rings is 2. The predicted molar refractivity (Wildman–Crippen MR) is 228 cm³/mol. The molecule has 20 heteroatoms. The van der Waals surface area contributed by atoms with Gasteiger partial charge < -0.3 is 34.9 Å². The van der Waals surface area contributed by atoms with E-state index < -0.39 is 22.5 Å². The predicted octanol–water partition coefficient (Wildman–Crippen LogP) is -0.112. The first-order valence-electron chi connectivity index (χ1n) is 19.8. The van der Waals surface area contributed by atoms with Crippen molar-refractivity contribution in [3.05, 3.63) is 103 Å². The summed E-state index contributed by atoms with van der Waals surface area (Å²) in [5, 5.41) is 9.16. The highest BCUT2D eigenvalue weighted by Crippen LogP contribution is 2.24. The Labute approximate surface area is 342 Å². The van der Waals surface area contributed by atoms with E-state index in [0.29, 0.717) is 37.1 Å². The van der Waals surface area contributed by atoms with Crippen molar-refractivity contribution in [3.63, 3.8) is 0 Å². The SMILES string of the molecule is C[C@@H]1CN(Cn2c(=O)c3c(ncn3CC(=O)Nc3ccc(N4CCNC[C@@H]4C)cc3)n(C)c2=O)CCN1c1ccc(NC(=O)Cn2cnc3c2c(=O)n(C)c(=O)n3C)cc1. The van der Waals surface area contributed by atoms with Crippen LogP contribution in [-0.2, 0) is 50.5 Å².